The van der Waals surface area contributed by atoms with E-state index in [0.717, 1.165) is 29.0 Å². The van der Waals surface area contributed by atoms with E-state index in [4.69, 9.17) is 0 Å². The molecule has 1 aromatic carbocycles. The van der Waals surface area contributed by atoms with Crippen LogP contribution in [0.15, 0.2) is 32.5 Å². The number of benzene rings is 1. The summed E-state index contributed by atoms with van der Waals surface area (Å²) in [6.07, 6.45) is 3.54. The fraction of sp³-hybridized carbons (Fsp3) is 0.500. The van der Waals surface area contributed by atoms with Crippen molar-refractivity contribution in [1.29, 1.82) is 0 Å². The molecule has 5 heteroatoms. The molecule has 0 N–H and O–H groups in total. The molecule has 1 saturated heterocycles. The maximum atomic E-state index is 12.1. The van der Waals surface area contributed by atoms with Gasteiger partial charge in [-0.05, 0) is 0 Å². The van der Waals surface area contributed by atoms with Gasteiger partial charge in [-0.25, -0.2) is 0 Å². The third-order valence-corrected chi connectivity index (χ3v) is 9.81. The topological polar surface area (TPSA) is 46.5 Å². The van der Waals surface area contributed by atoms with Crippen molar-refractivity contribution >= 4 is 23.7 Å². The van der Waals surface area contributed by atoms with Gasteiger partial charge in [0.1, 0.15) is 0 Å². The minimum absolute atomic E-state index is 0.345. The maximum absolute atomic E-state index is 12.1. The van der Waals surface area contributed by atoms with Crippen molar-refractivity contribution in [2.24, 2.45) is 3.37 Å². The molecule has 3 nitrogen and oxygen atoms in total. The standard InChI is InChI=1S/C12H17NO2SSe/c1-11-5-7-12(8-6-11)16(14,15)13-17-9-3-2-4-10-17/h5-8H,2-4,9-10H2,1H3. The van der Waals surface area contributed by atoms with E-state index >= 15 is 0 Å². The Labute approximate surface area is 107 Å². The van der Waals surface area contributed by atoms with E-state index in [-0.39, 0.29) is 0 Å². The molecule has 1 aliphatic heterocycles. The van der Waals surface area contributed by atoms with E-state index in [0.29, 0.717) is 4.90 Å². The van der Waals surface area contributed by atoms with Crippen LogP contribution in [0.5, 0.6) is 0 Å². The van der Waals surface area contributed by atoms with E-state index in [2.05, 4.69) is 3.37 Å². The molecule has 1 aromatic rings. The molecule has 2 rings (SSSR count). The van der Waals surface area contributed by atoms with E-state index in [1.807, 2.05) is 19.1 Å². The van der Waals surface area contributed by atoms with Gasteiger partial charge in [-0.15, -0.1) is 0 Å². The summed E-state index contributed by atoms with van der Waals surface area (Å²) in [5.74, 6) is 0. The van der Waals surface area contributed by atoms with E-state index < -0.39 is 23.7 Å². The quantitative estimate of drug-likeness (QED) is 0.787. The molecule has 1 aliphatic rings. The Bertz CT molecular complexity index is 512. The molecule has 1 heterocycles. The fourth-order valence-corrected chi connectivity index (χ4v) is 8.69. The van der Waals surface area contributed by atoms with Gasteiger partial charge in [0.2, 0.25) is 0 Å². The van der Waals surface area contributed by atoms with Gasteiger partial charge >= 0.3 is 107 Å². The van der Waals surface area contributed by atoms with Crippen LogP contribution < -0.4 is 0 Å². The summed E-state index contributed by atoms with van der Waals surface area (Å²) in [5.41, 5.74) is 1.07. The Morgan fingerprint density at radius 1 is 1.06 bits per heavy atom. The molecule has 0 radical (unpaired) electrons. The molecule has 0 atom stereocenters. The summed E-state index contributed by atoms with van der Waals surface area (Å²) in [6, 6.07) is 6.96. The Morgan fingerprint density at radius 3 is 2.24 bits per heavy atom. The van der Waals surface area contributed by atoms with E-state index in [1.165, 1.54) is 6.42 Å². The Morgan fingerprint density at radius 2 is 1.65 bits per heavy atom. The van der Waals surface area contributed by atoms with Crippen molar-refractivity contribution in [1.82, 2.24) is 0 Å². The zero-order valence-electron chi connectivity index (χ0n) is 9.93. The third kappa shape index (κ3) is 3.47. The van der Waals surface area contributed by atoms with Crippen molar-refractivity contribution in [2.75, 3.05) is 0 Å². The van der Waals surface area contributed by atoms with Gasteiger partial charge in [-0.2, -0.15) is 0 Å². The predicted molar refractivity (Wildman–Crippen MR) is 70.0 cm³/mol. The summed E-state index contributed by atoms with van der Waals surface area (Å²) in [4.78, 5) is 0.345. The number of hydrogen-bond donors (Lipinski definition) is 0. The summed E-state index contributed by atoms with van der Waals surface area (Å²) < 4.78 is 28.3. The summed E-state index contributed by atoms with van der Waals surface area (Å²) in [5, 5.41) is 2.07. The van der Waals surface area contributed by atoms with Crippen LogP contribution in [0.2, 0.25) is 10.6 Å². The first-order valence-electron chi connectivity index (χ1n) is 5.80. The SMILES string of the molecule is Cc1ccc(S(=O)(=O)N=[Se]2CCCCC2)cc1. The Hall–Kier alpha value is -0.511. The summed E-state index contributed by atoms with van der Waals surface area (Å²) >= 11 is -1.26. The summed E-state index contributed by atoms with van der Waals surface area (Å²) in [6.45, 7) is 1.95. The van der Waals surface area contributed by atoms with Crippen molar-refractivity contribution in [3.05, 3.63) is 29.8 Å². The molecule has 0 aromatic heterocycles. The first kappa shape index (κ1) is 12.9. The normalized spacial score (nSPS) is 17.9. The average Bonchev–Trinajstić information content (AvgIpc) is 2.30. The van der Waals surface area contributed by atoms with Gasteiger partial charge in [0.05, 0.1) is 0 Å². The van der Waals surface area contributed by atoms with E-state index in [9.17, 15) is 8.42 Å². The Kier molecular flexibility index (Phi) is 4.13. The molecular formula is C12H17NO2SSe. The van der Waals surface area contributed by atoms with Gasteiger partial charge in [0, 0.05) is 0 Å². The Balaban J connectivity index is 2.27. The summed E-state index contributed by atoms with van der Waals surface area (Å²) in [7, 11) is -3.40. The average molecular weight is 318 g/mol. The number of aryl methyl sites for hydroxylation is 1. The molecule has 0 bridgehead atoms. The molecule has 0 aliphatic carbocycles. The van der Waals surface area contributed by atoms with Crippen molar-refractivity contribution < 1.29 is 8.42 Å². The second-order valence-corrected chi connectivity index (χ2v) is 10.5. The molecule has 1 fully saturated rings. The monoisotopic (exact) mass is 319 g/mol. The first-order chi connectivity index (χ1) is 8.08. The fourth-order valence-electron chi connectivity index (χ4n) is 1.78. The van der Waals surface area contributed by atoms with Crippen LogP contribution in [-0.2, 0) is 10.0 Å². The zero-order chi connectivity index (χ0) is 12.3. The number of nitrogens with zero attached hydrogens (tertiary/aromatic N) is 1. The molecule has 17 heavy (non-hydrogen) atoms. The van der Waals surface area contributed by atoms with Crippen molar-refractivity contribution in [2.45, 2.75) is 41.7 Å². The van der Waals surface area contributed by atoms with Crippen molar-refractivity contribution in [3.8, 4) is 0 Å². The van der Waals surface area contributed by atoms with Crippen LogP contribution in [0.25, 0.3) is 0 Å². The van der Waals surface area contributed by atoms with Gasteiger partial charge < -0.3 is 0 Å². The molecular weight excluding hydrogens is 301 g/mol. The number of sulfonamides is 1. The van der Waals surface area contributed by atoms with Crippen LogP contribution >= 0.6 is 0 Å². The van der Waals surface area contributed by atoms with Gasteiger partial charge in [-0.1, -0.05) is 0 Å². The van der Waals surface area contributed by atoms with Crippen LogP contribution in [0, 0.1) is 6.92 Å². The molecule has 0 spiro atoms. The molecule has 0 amide bonds. The third-order valence-electron chi connectivity index (χ3n) is 2.78. The van der Waals surface area contributed by atoms with Crippen LogP contribution in [-0.4, -0.2) is 22.1 Å². The van der Waals surface area contributed by atoms with E-state index in [1.54, 1.807) is 12.1 Å². The van der Waals surface area contributed by atoms with Crippen LogP contribution in [0.1, 0.15) is 24.8 Å². The van der Waals surface area contributed by atoms with Crippen LogP contribution in [0.4, 0.5) is 0 Å². The van der Waals surface area contributed by atoms with Gasteiger partial charge in [-0.3, -0.25) is 0 Å². The molecule has 94 valence electrons. The number of rotatable bonds is 2. The predicted octanol–water partition coefficient (Wildman–Crippen LogP) is 3.13. The van der Waals surface area contributed by atoms with Crippen molar-refractivity contribution in [3.63, 3.8) is 0 Å². The first-order valence-corrected chi connectivity index (χ1v) is 10.4. The molecule has 0 saturated carbocycles. The molecule has 0 unspecified atom stereocenters. The van der Waals surface area contributed by atoms with Gasteiger partial charge in [0.25, 0.3) is 0 Å². The second-order valence-electron chi connectivity index (χ2n) is 4.29. The van der Waals surface area contributed by atoms with Crippen LogP contribution in [0.3, 0.4) is 0 Å². The number of hydrogen-bond acceptors (Lipinski definition) is 2. The zero-order valence-corrected chi connectivity index (χ0v) is 12.5. The second kappa shape index (κ2) is 5.42. The minimum atomic E-state index is -3.40. The van der Waals surface area contributed by atoms with Gasteiger partial charge in [0.15, 0.2) is 0 Å².